The molecule has 1 atom stereocenters. The number of rotatable bonds is 9. The van der Waals surface area contributed by atoms with Crippen LogP contribution in [0.4, 0.5) is 4.39 Å². The van der Waals surface area contributed by atoms with Gasteiger partial charge in [-0.3, -0.25) is 14.4 Å². The van der Waals surface area contributed by atoms with E-state index in [4.69, 9.17) is 0 Å². The zero-order chi connectivity index (χ0) is 22.1. The molecule has 0 radical (unpaired) electrons. The van der Waals surface area contributed by atoms with E-state index in [1.165, 1.54) is 12.1 Å². The van der Waals surface area contributed by atoms with Gasteiger partial charge in [0.25, 0.3) is 5.91 Å². The van der Waals surface area contributed by atoms with Gasteiger partial charge in [0.1, 0.15) is 11.9 Å². The summed E-state index contributed by atoms with van der Waals surface area (Å²) in [5, 5.41) is 8.22. The molecule has 30 heavy (non-hydrogen) atoms. The van der Waals surface area contributed by atoms with Crippen molar-refractivity contribution in [1.82, 2.24) is 16.0 Å². The second kappa shape index (κ2) is 11.1. The SMILES string of the molecule is Cc1ccc(C(=O)NC(C(=O)NCCNC(=O)Cc2ccc(F)cc2)C(C)C)cc1. The van der Waals surface area contributed by atoms with Crippen LogP contribution in [0.25, 0.3) is 0 Å². The molecule has 0 fully saturated rings. The van der Waals surface area contributed by atoms with Gasteiger partial charge < -0.3 is 16.0 Å². The number of carbonyl (C=O) groups is 3. The van der Waals surface area contributed by atoms with Crippen LogP contribution in [0.5, 0.6) is 0 Å². The number of hydrogen-bond donors (Lipinski definition) is 3. The van der Waals surface area contributed by atoms with Gasteiger partial charge in [0.15, 0.2) is 0 Å². The Bertz CT molecular complexity index is 864. The number of amides is 3. The van der Waals surface area contributed by atoms with Crippen molar-refractivity contribution in [2.45, 2.75) is 33.2 Å². The molecule has 160 valence electrons. The van der Waals surface area contributed by atoms with Crippen molar-refractivity contribution in [3.05, 3.63) is 71.0 Å². The van der Waals surface area contributed by atoms with Crippen molar-refractivity contribution in [1.29, 1.82) is 0 Å². The molecule has 2 aromatic carbocycles. The standard InChI is InChI=1S/C23H28FN3O3/c1-15(2)21(27-22(29)18-8-4-16(3)5-9-18)23(30)26-13-12-25-20(28)14-17-6-10-19(24)11-7-17/h4-11,15,21H,12-14H2,1-3H3,(H,25,28)(H,26,30)(H,27,29). The summed E-state index contributed by atoms with van der Waals surface area (Å²) in [6, 6.07) is 12.2. The molecule has 0 spiro atoms. The Kier molecular flexibility index (Phi) is 8.53. The molecule has 0 aromatic heterocycles. The van der Waals surface area contributed by atoms with Crippen LogP contribution in [-0.4, -0.2) is 36.9 Å². The average Bonchev–Trinajstić information content (AvgIpc) is 2.71. The van der Waals surface area contributed by atoms with Crippen molar-refractivity contribution in [3.8, 4) is 0 Å². The third-order valence-electron chi connectivity index (χ3n) is 4.57. The van der Waals surface area contributed by atoms with E-state index in [-0.39, 0.29) is 49.0 Å². The molecule has 2 aromatic rings. The number of carbonyl (C=O) groups excluding carboxylic acids is 3. The lowest BCUT2D eigenvalue weighted by molar-refractivity contribution is -0.124. The van der Waals surface area contributed by atoms with Gasteiger partial charge in [-0.15, -0.1) is 0 Å². The Labute approximate surface area is 176 Å². The fourth-order valence-electron chi connectivity index (χ4n) is 2.81. The lowest BCUT2D eigenvalue weighted by atomic mass is 10.0. The van der Waals surface area contributed by atoms with Crippen molar-refractivity contribution in [3.63, 3.8) is 0 Å². The topological polar surface area (TPSA) is 87.3 Å². The highest BCUT2D eigenvalue weighted by Gasteiger charge is 2.24. The molecule has 0 saturated carbocycles. The summed E-state index contributed by atoms with van der Waals surface area (Å²) in [6.07, 6.45) is 0.134. The summed E-state index contributed by atoms with van der Waals surface area (Å²) in [4.78, 5) is 36.9. The van der Waals surface area contributed by atoms with Crippen LogP contribution in [0.1, 0.15) is 35.3 Å². The zero-order valence-electron chi connectivity index (χ0n) is 17.5. The summed E-state index contributed by atoms with van der Waals surface area (Å²) in [5.74, 6) is -1.29. The van der Waals surface area contributed by atoms with E-state index in [0.29, 0.717) is 11.1 Å². The van der Waals surface area contributed by atoms with E-state index < -0.39 is 6.04 Å². The van der Waals surface area contributed by atoms with Gasteiger partial charge in [-0.05, 0) is 42.7 Å². The molecule has 7 heteroatoms. The van der Waals surface area contributed by atoms with E-state index in [9.17, 15) is 18.8 Å². The number of aryl methyl sites for hydroxylation is 1. The molecule has 3 amide bonds. The van der Waals surface area contributed by atoms with E-state index >= 15 is 0 Å². The van der Waals surface area contributed by atoms with Crippen LogP contribution in [0.3, 0.4) is 0 Å². The highest BCUT2D eigenvalue weighted by Crippen LogP contribution is 2.07. The maximum atomic E-state index is 12.9. The van der Waals surface area contributed by atoms with Crippen LogP contribution < -0.4 is 16.0 Å². The van der Waals surface area contributed by atoms with E-state index in [0.717, 1.165) is 5.56 Å². The first-order chi connectivity index (χ1) is 14.3. The molecule has 3 N–H and O–H groups in total. The second-order valence-corrected chi connectivity index (χ2v) is 7.51. The fraction of sp³-hybridized carbons (Fsp3) is 0.348. The molecule has 0 bridgehead atoms. The molecule has 2 rings (SSSR count). The predicted molar refractivity (Wildman–Crippen MR) is 113 cm³/mol. The van der Waals surface area contributed by atoms with Crippen molar-refractivity contribution in [2.24, 2.45) is 5.92 Å². The fourth-order valence-corrected chi connectivity index (χ4v) is 2.81. The van der Waals surface area contributed by atoms with Gasteiger partial charge in [0.05, 0.1) is 6.42 Å². The zero-order valence-corrected chi connectivity index (χ0v) is 17.5. The molecule has 0 heterocycles. The van der Waals surface area contributed by atoms with Crippen molar-refractivity contribution in [2.75, 3.05) is 13.1 Å². The van der Waals surface area contributed by atoms with Crippen molar-refractivity contribution < 1.29 is 18.8 Å². The molecule has 1 unspecified atom stereocenters. The number of hydrogen-bond acceptors (Lipinski definition) is 3. The molecule has 0 aliphatic carbocycles. The van der Waals surface area contributed by atoms with Crippen molar-refractivity contribution >= 4 is 17.7 Å². The molecule has 0 aliphatic rings. The Hall–Kier alpha value is -3.22. The quantitative estimate of drug-likeness (QED) is 0.552. The van der Waals surface area contributed by atoms with Gasteiger partial charge in [0.2, 0.25) is 11.8 Å². The van der Waals surface area contributed by atoms with Crippen LogP contribution in [0, 0.1) is 18.7 Å². The van der Waals surface area contributed by atoms with E-state index in [2.05, 4.69) is 16.0 Å². The predicted octanol–water partition coefficient (Wildman–Crippen LogP) is 2.36. The van der Waals surface area contributed by atoms with Crippen LogP contribution in [0.15, 0.2) is 48.5 Å². The van der Waals surface area contributed by atoms with Crippen LogP contribution in [0.2, 0.25) is 0 Å². The minimum Gasteiger partial charge on any atom is -0.354 e. The monoisotopic (exact) mass is 413 g/mol. The summed E-state index contributed by atoms with van der Waals surface area (Å²) >= 11 is 0. The molecule has 0 saturated heterocycles. The van der Waals surface area contributed by atoms with E-state index in [1.54, 1.807) is 24.3 Å². The van der Waals surface area contributed by atoms with Gasteiger partial charge >= 0.3 is 0 Å². The highest BCUT2D eigenvalue weighted by atomic mass is 19.1. The summed E-state index contributed by atoms with van der Waals surface area (Å²) < 4.78 is 12.9. The van der Waals surface area contributed by atoms with Crippen LogP contribution in [-0.2, 0) is 16.0 Å². The van der Waals surface area contributed by atoms with Crippen LogP contribution >= 0.6 is 0 Å². The highest BCUT2D eigenvalue weighted by molar-refractivity contribution is 5.97. The molecular formula is C23H28FN3O3. The Balaban J connectivity index is 1.77. The third-order valence-corrected chi connectivity index (χ3v) is 4.57. The van der Waals surface area contributed by atoms with Gasteiger partial charge in [-0.2, -0.15) is 0 Å². The Morgan fingerprint density at radius 1 is 0.900 bits per heavy atom. The molecule has 0 aliphatic heterocycles. The lowest BCUT2D eigenvalue weighted by Crippen LogP contribution is -2.50. The summed E-state index contributed by atoms with van der Waals surface area (Å²) in [6.45, 7) is 6.12. The Morgan fingerprint density at radius 3 is 2.10 bits per heavy atom. The van der Waals surface area contributed by atoms with E-state index in [1.807, 2.05) is 32.9 Å². The Morgan fingerprint density at radius 2 is 1.50 bits per heavy atom. The first kappa shape index (κ1) is 23.1. The maximum Gasteiger partial charge on any atom is 0.251 e. The van der Waals surface area contributed by atoms with Gasteiger partial charge in [-0.25, -0.2) is 4.39 Å². The number of benzene rings is 2. The molecule has 6 nitrogen and oxygen atoms in total. The third kappa shape index (κ3) is 7.31. The largest absolute Gasteiger partial charge is 0.354 e. The smallest absolute Gasteiger partial charge is 0.251 e. The maximum absolute atomic E-state index is 12.9. The summed E-state index contributed by atoms with van der Waals surface area (Å²) in [7, 11) is 0. The number of nitrogens with one attached hydrogen (secondary N) is 3. The number of halogens is 1. The average molecular weight is 413 g/mol. The first-order valence-corrected chi connectivity index (χ1v) is 9.92. The summed E-state index contributed by atoms with van der Waals surface area (Å²) in [5.41, 5.74) is 2.25. The second-order valence-electron chi connectivity index (χ2n) is 7.51. The minimum absolute atomic E-state index is 0.104. The first-order valence-electron chi connectivity index (χ1n) is 9.92. The lowest BCUT2D eigenvalue weighted by Gasteiger charge is -2.22. The normalized spacial score (nSPS) is 11.6. The van der Waals surface area contributed by atoms with Gasteiger partial charge in [0, 0.05) is 18.7 Å². The van der Waals surface area contributed by atoms with Gasteiger partial charge in [-0.1, -0.05) is 43.7 Å². The minimum atomic E-state index is -0.686. The molecular weight excluding hydrogens is 385 g/mol.